The Hall–Kier alpha value is -0.580. The predicted octanol–water partition coefficient (Wildman–Crippen LogP) is 4.57. The lowest BCUT2D eigenvalue weighted by molar-refractivity contribution is 0.507. The summed E-state index contributed by atoms with van der Waals surface area (Å²) in [5.74, 6) is 1.63. The third kappa shape index (κ3) is 2.97. The molecule has 0 aliphatic carbocycles. The zero-order valence-electron chi connectivity index (χ0n) is 8.24. The van der Waals surface area contributed by atoms with Crippen LogP contribution in [0, 0.1) is 0 Å². The molecule has 2 rings (SSSR count). The maximum atomic E-state index is 6.05. The zero-order valence-corrected chi connectivity index (χ0v) is 11.4. The van der Waals surface area contributed by atoms with Gasteiger partial charge in [-0.05, 0) is 46.3 Å². The first-order valence-electron chi connectivity index (χ1n) is 4.57. The molecule has 84 valence electrons. The van der Waals surface area contributed by atoms with Gasteiger partial charge in [0.2, 0.25) is 0 Å². The van der Waals surface area contributed by atoms with Crippen LogP contribution in [0.5, 0.6) is 0 Å². The smallest absolute Gasteiger partial charge is 0.169 e. The molecule has 2 nitrogen and oxygen atoms in total. The number of hydrogen-bond donors (Lipinski definition) is 1. The molecule has 0 unspecified atom stereocenters. The second-order valence-electron chi connectivity index (χ2n) is 3.18. The SMILES string of the molecule is Nc1ccc(Cl)c(SCc2ccc(Br)o2)c1. The van der Waals surface area contributed by atoms with E-state index < -0.39 is 0 Å². The zero-order chi connectivity index (χ0) is 11.5. The van der Waals surface area contributed by atoms with E-state index in [1.807, 2.05) is 18.2 Å². The molecule has 0 amide bonds. The molecular formula is C11H9BrClNOS. The summed E-state index contributed by atoms with van der Waals surface area (Å²) in [6.07, 6.45) is 0. The van der Waals surface area contributed by atoms with Crippen molar-refractivity contribution in [3.05, 3.63) is 45.8 Å². The topological polar surface area (TPSA) is 39.2 Å². The van der Waals surface area contributed by atoms with Crippen molar-refractivity contribution >= 4 is 45.0 Å². The summed E-state index contributed by atoms with van der Waals surface area (Å²) < 4.78 is 6.13. The van der Waals surface area contributed by atoms with Crippen molar-refractivity contribution in [2.75, 3.05) is 5.73 Å². The Morgan fingerprint density at radius 3 is 2.81 bits per heavy atom. The molecule has 1 aromatic carbocycles. The second-order valence-corrected chi connectivity index (χ2v) is 5.39. The van der Waals surface area contributed by atoms with Gasteiger partial charge in [0.25, 0.3) is 0 Å². The van der Waals surface area contributed by atoms with E-state index in [2.05, 4.69) is 15.9 Å². The van der Waals surface area contributed by atoms with Crippen molar-refractivity contribution in [2.24, 2.45) is 0 Å². The fraction of sp³-hybridized carbons (Fsp3) is 0.0909. The minimum Gasteiger partial charge on any atom is -0.453 e. The van der Waals surface area contributed by atoms with Crippen molar-refractivity contribution in [2.45, 2.75) is 10.6 Å². The lowest BCUT2D eigenvalue weighted by Gasteiger charge is -2.03. The monoisotopic (exact) mass is 317 g/mol. The van der Waals surface area contributed by atoms with Gasteiger partial charge in [-0.2, -0.15) is 0 Å². The highest BCUT2D eigenvalue weighted by Crippen LogP contribution is 2.32. The van der Waals surface area contributed by atoms with E-state index >= 15 is 0 Å². The van der Waals surface area contributed by atoms with Gasteiger partial charge >= 0.3 is 0 Å². The molecule has 0 aliphatic rings. The fourth-order valence-electron chi connectivity index (χ4n) is 1.21. The van der Waals surface area contributed by atoms with E-state index in [1.54, 1.807) is 23.9 Å². The average molecular weight is 319 g/mol. The molecule has 0 radical (unpaired) electrons. The molecule has 0 saturated carbocycles. The number of halogens is 2. The summed E-state index contributed by atoms with van der Waals surface area (Å²) in [6, 6.07) is 9.26. The van der Waals surface area contributed by atoms with Gasteiger partial charge in [0.15, 0.2) is 4.67 Å². The Morgan fingerprint density at radius 2 is 2.12 bits per heavy atom. The number of rotatable bonds is 3. The number of nitrogen functional groups attached to an aromatic ring is 1. The quantitative estimate of drug-likeness (QED) is 0.665. The van der Waals surface area contributed by atoms with E-state index in [-0.39, 0.29) is 0 Å². The molecule has 0 aliphatic heterocycles. The van der Waals surface area contributed by atoms with E-state index in [4.69, 9.17) is 21.8 Å². The summed E-state index contributed by atoms with van der Waals surface area (Å²) in [6.45, 7) is 0. The standard InChI is InChI=1S/C11H9BrClNOS/c12-11-4-2-8(15-11)6-16-10-5-7(14)1-3-9(10)13/h1-5H,6,14H2. The first kappa shape index (κ1) is 11.9. The Balaban J connectivity index is 2.07. The van der Waals surface area contributed by atoms with Crippen LogP contribution in [0.25, 0.3) is 0 Å². The van der Waals surface area contributed by atoms with E-state index in [9.17, 15) is 0 Å². The van der Waals surface area contributed by atoms with Crippen molar-refractivity contribution < 1.29 is 4.42 Å². The Kier molecular flexibility index (Phi) is 3.84. The van der Waals surface area contributed by atoms with Crippen LogP contribution in [0.2, 0.25) is 5.02 Å². The third-order valence-corrected chi connectivity index (χ3v) is 3.90. The first-order chi connectivity index (χ1) is 7.65. The molecule has 0 saturated heterocycles. The summed E-state index contributed by atoms with van der Waals surface area (Å²) in [5, 5.41) is 0.713. The number of benzene rings is 1. The largest absolute Gasteiger partial charge is 0.453 e. The maximum Gasteiger partial charge on any atom is 0.169 e. The van der Waals surface area contributed by atoms with Gasteiger partial charge in [-0.3, -0.25) is 0 Å². The van der Waals surface area contributed by atoms with Crippen molar-refractivity contribution in [3.63, 3.8) is 0 Å². The minimum atomic E-state index is 0.713. The fourth-order valence-corrected chi connectivity index (χ4v) is 2.71. The molecule has 0 fully saturated rings. The average Bonchev–Trinajstić information content (AvgIpc) is 2.66. The van der Waals surface area contributed by atoms with Crippen LogP contribution < -0.4 is 5.73 Å². The van der Waals surface area contributed by atoms with Gasteiger partial charge in [-0.1, -0.05) is 11.6 Å². The molecule has 0 spiro atoms. The molecule has 2 N–H and O–H groups in total. The number of hydrogen-bond acceptors (Lipinski definition) is 3. The van der Waals surface area contributed by atoms with Crippen molar-refractivity contribution in [1.29, 1.82) is 0 Å². The van der Waals surface area contributed by atoms with Crippen LogP contribution in [-0.2, 0) is 5.75 Å². The van der Waals surface area contributed by atoms with Gasteiger partial charge in [-0.25, -0.2) is 0 Å². The summed E-state index contributed by atoms with van der Waals surface area (Å²) in [4.78, 5) is 0.967. The Morgan fingerprint density at radius 1 is 1.31 bits per heavy atom. The van der Waals surface area contributed by atoms with E-state index in [1.165, 1.54) is 0 Å². The van der Waals surface area contributed by atoms with Crippen LogP contribution in [0.15, 0.2) is 44.3 Å². The Bertz CT molecular complexity index is 500. The van der Waals surface area contributed by atoms with Gasteiger partial charge in [0.05, 0.1) is 10.8 Å². The lowest BCUT2D eigenvalue weighted by Crippen LogP contribution is -1.85. The summed E-state index contributed by atoms with van der Waals surface area (Å²) >= 11 is 10.9. The van der Waals surface area contributed by atoms with Crippen LogP contribution in [0.4, 0.5) is 5.69 Å². The van der Waals surface area contributed by atoms with Crippen LogP contribution >= 0.6 is 39.3 Å². The molecule has 1 aromatic heterocycles. The lowest BCUT2D eigenvalue weighted by atomic mass is 10.3. The highest BCUT2D eigenvalue weighted by atomic mass is 79.9. The molecule has 0 atom stereocenters. The first-order valence-corrected chi connectivity index (χ1v) is 6.73. The van der Waals surface area contributed by atoms with Gasteiger partial charge < -0.3 is 10.2 Å². The van der Waals surface area contributed by atoms with Gasteiger partial charge in [-0.15, -0.1) is 11.8 Å². The predicted molar refractivity (Wildman–Crippen MR) is 71.8 cm³/mol. The van der Waals surface area contributed by atoms with E-state index in [0.717, 1.165) is 21.1 Å². The number of furan rings is 1. The Labute approximate surface area is 111 Å². The maximum absolute atomic E-state index is 6.05. The summed E-state index contributed by atoms with van der Waals surface area (Å²) in [7, 11) is 0. The van der Waals surface area contributed by atoms with Crippen molar-refractivity contribution in [3.8, 4) is 0 Å². The number of thioether (sulfide) groups is 1. The van der Waals surface area contributed by atoms with Crippen LogP contribution in [0.3, 0.4) is 0 Å². The third-order valence-electron chi connectivity index (χ3n) is 1.95. The van der Waals surface area contributed by atoms with Crippen LogP contribution in [-0.4, -0.2) is 0 Å². The normalized spacial score (nSPS) is 10.6. The van der Waals surface area contributed by atoms with E-state index in [0.29, 0.717) is 10.7 Å². The molecule has 5 heteroatoms. The summed E-state index contributed by atoms with van der Waals surface area (Å²) in [5.41, 5.74) is 6.41. The molecule has 1 heterocycles. The van der Waals surface area contributed by atoms with Gasteiger partial charge in [0.1, 0.15) is 5.76 Å². The van der Waals surface area contributed by atoms with Crippen LogP contribution in [0.1, 0.15) is 5.76 Å². The number of anilines is 1. The van der Waals surface area contributed by atoms with Gasteiger partial charge in [0, 0.05) is 10.6 Å². The molecule has 0 bridgehead atoms. The molecule has 16 heavy (non-hydrogen) atoms. The number of nitrogens with two attached hydrogens (primary N) is 1. The molecule has 2 aromatic rings. The highest BCUT2D eigenvalue weighted by molar-refractivity contribution is 9.10. The molecular weight excluding hydrogens is 310 g/mol. The highest BCUT2D eigenvalue weighted by Gasteiger charge is 2.04. The second kappa shape index (κ2) is 5.17. The minimum absolute atomic E-state index is 0.713. The van der Waals surface area contributed by atoms with Crippen molar-refractivity contribution in [1.82, 2.24) is 0 Å².